The van der Waals surface area contributed by atoms with Crippen LogP contribution in [0.1, 0.15) is 29.8 Å². The first-order valence-corrected chi connectivity index (χ1v) is 4.79. The number of carbonyl (C=O) groups excluding carboxylic acids is 1. The molecule has 2 N–H and O–H groups in total. The molecule has 1 aromatic carbocycles. The van der Waals surface area contributed by atoms with Gasteiger partial charge in [-0.05, 0) is 32.4 Å². The molecular weight excluding hydrogens is 216 g/mol. The van der Waals surface area contributed by atoms with Gasteiger partial charge in [0.1, 0.15) is 17.2 Å². The Bertz CT molecular complexity index is 404. The summed E-state index contributed by atoms with van der Waals surface area (Å²) in [6.45, 7) is 4.57. The lowest BCUT2D eigenvalue weighted by atomic mass is 10.1. The standard InChI is InChI=1S/C11H13F2NO2/c1-5(2)16-11(15)8-9(13)6(3)4-7(12)10(8)14/h4-5H,14H2,1-3H3. The Labute approximate surface area is 92.2 Å². The Morgan fingerprint density at radius 2 is 2.00 bits per heavy atom. The molecule has 0 radical (unpaired) electrons. The van der Waals surface area contributed by atoms with Crippen LogP contribution in [0.3, 0.4) is 0 Å². The molecule has 88 valence electrons. The number of hydrogen-bond acceptors (Lipinski definition) is 3. The van der Waals surface area contributed by atoms with Crippen molar-refractivity contribution in [2.24, 2.45) is 0 Å². The number of nitrogens with two attached hydrogens (primary N) is 1. The number of esters is 1. The summed E-state index contributed by atoms with van der Waals surface area (Å²) in [7, 11) is 0. The molecule has 0 atom stereocenters. The summed E-state index contributed by atoms with van der Waals surface area (Å²) in [6.07, 6.45) is -0.421. The van der Waals surface area contributed by atoms with Crippen LogP contribution in [0.4, 0.5) is 14.5 Å². The van der Waals surface area contributed by atoms with Gasteiger partial charge in [0.25, 0.3) is 0 Å². The van der Waals surface area contributed by atoms with Gasteiger partial charge < -0.3 is 10.5 Å². The molecule has 0 saturated carbocycles. The predicted molar refractivity (Wildman–Crippen MR) is 56.1 cm³/mol. The number of rotatable bonds is 2. The maximum Gasteiger partial charge on any atom is 0.343 e. The molecule has 1 rings (SSSR count). The summed E-state index contributed by atoms with van der Waals surface area (Å²) in [5.74, 6) is -2.62. The fourth-order valence-electron chi connectivity index (χ4n) is 1.24. The molecule has 0 bridgehead atoms. The quantitative estimate of drug-likeness (QED) is 0.626. The van der Waals surface area contributed by atoms with E-state index in [0.717, 1.165) is 6.07 Å². The first-order chi connectivity index (χ1) is 7.34. The van der Waals surface area contributed by atoms with Gasteiger partial charge in [0.05, 0.1) is 11.8 Å². The van der Waals surface area contributed by atoms with E-state index in [1.807, 2.05) is 0 Å². The lowest BCUT2D eigenvalue weighted by Gasteiger charge is -2.12. The first kappa shape index (κ1) is 12.4. The zero-order chi connectivity index (χ0) is 12.5. The monoisotopic (exact) mass is 229 g/mol. The summed E-state index contributed by atoms with van der Waals surface area (Å²) < 4.78 is 31.6. The molecule has 0 aliphatic heterocycles. The van der Waals surface area contributed by atoms with Crippen molar-refractivity contribution in [2.45, 2.75) is 26.9 Å². The van der Waals surface area contributed by atoms with Gasteiger partial charge in [-0.1, -0.05) is 0 Å². The van der Waals surface area contributed by atoms with Crippen molar-refractivity contribution in [1.82, 2.24) is 0 Å². The maximum atomic E-state index is 13.6. The molecular formula is C11H13F2NO2. The maximum absolute atomic E-state index is 13.6. The number of halogens is 2. The molecule has 0 heterocycles. The van der Waals surface area contributed by atoms with E-state index in [9.17, 15) is 13.6 Å². The number of ether oxygens (including phenoxy) is 1. The number of nitrogen functional groups attached to an aromatic ring is 1. The minimum Gasteiger partial charge on any atom is -0.459 e. The van der Waals surface area contributed by atoms with Gasteiger partial charge in [0.15, 0.2) is 0 Å². The van der Waals surface area contributed by atoms with E-state index in [4.69, 9.17) is 10.5 Å². The molecule has 1 aromatic rings. The normalized spacial score (nSPS) is 10.6. The van der Waals surface area contributed by atoms with Crippen LogP contribution in [-0.4, -0.2) is 12.1 Å². The molecule has 5 heteroatoms. The third-order valence-corrected chi connectivity index (χ3v) is 1.98. The van der Waals surface area contributed by atoms with E-state index in [1.165, 1.54) is 6.92 Å². The largest absolute Gasteiger partial charge is 0.459 e. The highest BCUT2D eigenvalue weighted by atomic mass is 19.1. The lowest BCUT2D eigenvalue weighted by molar-refractivity contribution is 0.0373. The minimum atomic E-state index is -0.951. The highest BCUT2D eigenvalue weighted by Crippen LogP contribution is 2.24. The molecule has 0 aliphatic carbocycles. The van der Waals surface area contributed by atoms with Crippen molar-refractivity contribution >= 4 is 11.7 Å². The Kier molecular flexibility index (Phi) is 3.47. The van der Waals surface area contributed by atoms with E-state index in [2.05, 4.69) is 0 Å². The highest BCUT2D eigenvalue weighted by molar-refractivity contribution is 5.95. The van der Waals surface area contributed by atoms with Crippen molar-refractivity contribution < 1.29 is 18.3 Å². The number of benzene rings is 1. The summed E-state index contributed by atoms with van der Waals surface area (Å²) in [5, 5.41) is 0. The van der Waals surface area contributed by atoms with Gasteiger partial charge in [-0.2, -0.15) is 0 Å². The molecule has 0 saturated heterocycles. The first-order valence-electron chi connectivity index (χ1n) is 4.79. The lowest BCUT2D eigenvalue weighted by Crippen LogP contribution is -2.16. The topological polar surface area (TPSA) is 52.3 Å². The van der Waals surface area contributed by atoms with Crippen molar-refractivity contribution in [3.8, 4) is 0 Å². The van der Waals surface area contributed by atoms with Crippen LogP contribution in [-0.2, 0) is 4.74 Å². The predicted octanol–water partition coefficient (Wildman–Crippen LogP) is 2.42. The van der Waals surface area contributed by atoms with Crippen LogP contribution < -0.4 is 5.73 Å². The zero-order valence-electron chi connectivity index (χ0n) is 9.30. The van der Waals surface area contributed by atoms with Gasteiger partial charge in [-0.15, -0.1) is 0 Å². The van der Waals surface area contributed by atoms with Crippen molar-refractivity contribution in [1.29, 1.82) is 0 Å². The van der Waals surface area contributed by atoms with E-state index in [-0.39, 0.29) is 5.56 Å². The van der Waals surface area contributed by atoms with Crippen LogP contribution in [0, 0.1) is 18.6 Å². The number of aryl methyl sites for hydroxylation is 1. The molecule has 0 amide bonds. The van der Waals surface area contributed by atoms with Crippen LogP contribution in [0.25, 0.3) is 0 Å². The number of hydrogen-bond donors (Lipinski definition) is 1. The molecule has 3 nitrogen and oxygen atoms in total. The van der Waals surface area contributed by atoms with Crippen LogP contribution in [0.15, 0.2) is 6.07 Å². The average molecular weight is 229 g/mol. The highest BCUT2D eigenvalue weighted by Gasteiger charge is 2.22. The second-order valence-corrected chi connectivity index (χ2v) is 3.73. The zero-order valence-corrected chi connectivity index (χ0v) is 9.30. The van der Waals surface area contributed by atoms with Crippen molar-refractivity contribution in [2.75, 3.05) is 5.73 Å². The second-order valence-electron chi connectivity index (χ2n) is 3.73. The van der Waals surface area contributed by atoms with Crippen LogP contribution >= 0.6 is 0 Å². The second kappa shape index (κ2) is 4.47. The fraction of sp³-hybridized carbons (Fsp3) is 0.364. The van der Waals surface area contributed by atoms with Crippen molar-refractivity contribution in [3.63, 3.8) is 0 Å². The summed E-state index contributed by atoms with van der Waals surface area (Å²) in [6, 6.07) is 0.941. The average Bonchev–Trinajstić information content (AvgIpc) is 2.14. The molecule has 16 heavy (non-hydrogen) atoms. The van der Waals surface area contributed by atoms with E-state index < -0.39 is 35.0 Å². The number of anilines is 1. The smallest absolute Gasteiger partial charge is 0.343 e. The molecule has 0 unspecified atom stereocenters. The fourth-order valence-corrected chi connectivity index (χ4v) is 1.24. The Morgan fingerprint density at radius 3 is 2.50 bits per heavy atom. The SMILES string of the molecule is Cc1cc(F)c(N)c(C(=O)OC(C)C)c1F. The van der Waals surface area contributed by atoms with Gasteiger partial charge in [0, 0.05) is 0 Å². The van der Waals surface area contributed by atoms with Gasteiger partial charge in [-0.25, -0.2) is 13.6 Å². The third-order valence-electron chi connectivity index (χ3n) is 1.98. The van der Waals surface area contributed by atoms with E-state index in [1.54, 1.807) is 13.8 Å². The molecule has 0 aliphatic rings. The molecule has 0 fully saturated rings. The minimum absolute atomic E-state index is 0.0161. The number of carbonyl (C=O) groups is 1. The van der Waals surface area contributed by atoms with Crippen molar-refractivity contribution in [3.05, 3.63) is 28.8 Å². The molecule has 0 spiro atoms. The molecule has 0 aromatic heterocycles. The Morgan fingerprint density at radius 1 is 1.44 bits per heavy atom. The van der Waals surface area contributed by atoms with E-state index in [0.29, 0.717) is 0 Å². The van der Waals surface area contributed by atoms with Gasteiger partial charge in [-0.3, -0.25) is 0 Å². The summed E-state index contributed by atoms with van der Waals surface area (Å²) >= 11 is 0. The summed E-state index contributed by atoms with van der Waals surface area (Å²) in [5.41, 5.74) is 4.27. The van der Waals surface area contributed by atoms with E-state index >= 15 is 0 Å². The van der Waals surface area contributed by atoms with Crippen LogP contribution in [0.2, 0.25) is 0 Å². The van der Waals surface area contributed by atoms with Crippen LogP contribution in [0.5, 0.6) is 0 Å². The third kappa shape index (κ3) is 2.29. The van der Waals surface area contributed by atoms with Gasteiger partial charge >= 0.3 is 5.97 Å². The van der Waals surface area contributed by atoms with Gasteiger partial charge in [0.2, 0.25) is 0 Å². The Hall–Kier alpha value is -1.65. The summed E-state index contributed by atoms with van der Waals surface area (Å²) in [4.78, 5) is 11.5. The Balaban J connectivity index is 3.27.